The number of hydrogen-bond acceptors (Lipinski definition) is 2. The van der Waals surface area contributed by atoms with Crippen molar-refractivity contribution in [2.75, 3.05) is 31.1 Å². The first kappa shape index (κ1) is 18.0. The second-order valence-corrected chi connectivity index (χ2v) is 11.3. The summed E-state index contributed by atoms with van der Waals surface area (Å²) in [7, 11) is 0. The molecule has 3 nitrogen and oxygen atoms in total. The zero-order valence-corrected chi connectivity index (χ0v) is 17.4. The van der Waals surface area contributed by atoms with E-state index in [-0.39, 0.29) is 11.2 Å². The minimum atomic E-state index is -0.201. The van der Waals surface area contributed by atoms with Gasteiger partial charge in [-0.1, -0.05) is 15.9 Å². The van der Waals surface area contributed by atoms with Gasteiger partial charge in [0.05, 0.1) is 0 Å². The Kier molecular flexibility index (Phi) is 4.30. The number of carbonyl (C=O) groups is 1. The molecule has 1 heterocycles. The Morgan fingerprint density at radius 2 is 1.67 bits per heavy atom. The summed E-state index contributed by atoms with van der Waals surface area (Å²) >= 11 is 4.06. The summed E-state index contributed by atoms with van der Waals surface area (Å²) in [5.74, 6) is 1.81. The number of nitrogens with zero attached hydrogens (tertiary/aromatic N) is 2. The molecule has 0 N–H and O–H groups in total. The molecule has 1 amide bonds. The molecule has 6 rings (SSSR count). The highest BCUT2D eigenvalue weighted by Crippen LogP contribution is 2.65. The first-order chi connectivity index (χ1) is 12.9. The predicted molar refractivity (Wildman–Crippen MR) is 109 cm³/mol. The monoisotopic (exact) mass is 434 g/mol. The van der Waals surface area contributed by atoms with Gasteiger partial charge in [0.15, 0.2) is 0 Å². The molecular formula is C22H28BrFN2O. The van der Waals surface area contributed by atoms with Crippen LogP contribution in [0.25, 0.3) is 0 Å². The molecule has 27 heavy (non-hydrogen) atoms. The third-order valence-corrected chi connectivity index (χ3v) is 8.39. The fourth-order valence-corrected chi connectivity index (χ4v) is 8.35. The Morgan fingerprint density at radius 1 is 1.04 bits per heavy atom. The number of hydrogen-bond donors (Lipinski definition) is 0. The van der Waals surface area contributed by atoms with E-state index in [0.29, 0.717) is 10.2 Å². The Balaban J connectivity index is 1.21. The summed E-state index contributed by atoms with van der Waals surface area (Å²) in [4.78, 5) is 17.4. The molecule has 0 aromatic heterocycles. The van der Waals surface area contributed by atoms with E-state index in [1.165, 1.54) is 50.7 Å². The second-order valence-electron chi connectivity index (χ2n) is 9.63. The molecule has 5 heteroatoms. The van der Waals surface area contributed by atoms with E-state index >= 15 is 0 Å². The smallest absolute Gasteiger partial charge is 0.223 e. The van der Waals surface area contributed by atoms with E-state index in [0.717, 1.165) is 50.1 Å². The van der Waals surface area contributed by atoms with E-state index in [9.17, 15) is 9.18 Å². The average molecular weight is 435 g/mol. The number of rotatable bonds is 3. The highest BCUT2D eigenvalue weighted by atomic mass is 79.9. The van der Waals surface area contributed by atoms with Gasteiger partial charge in [-0.3, -0.25) is 4.79 Å². The van der Waals surface area contributed by atoms with E-state index in [2.05, 4.69) is 25.7 Å². The van der Waals surface area contributed by atoms with Crippen LogP contribution >= 0.6 is 15.9 Å². The first-order valence-corrected chi connectivity index (χ1v) is 11.2. The minimum absolute atomic E-state index is 0.201. The van der Waals surface area contributed by atoms with Crippen molar-refractivity contribution in [1.29, 1.82) is 0 Å². The van der Waals surface area contributed by atoms with Crippen molar-refractivity contribution < 1.29 is 9.18 Å². The lowest BCUT2D eigenvalue weighted by atomic mass is 9.48. The number of alkyl halides is 1. The van der Waals surface area contributed by atoms with Crippen LogP contribution in [-0.2, 0) is 4.79 Å². The SMILES string of the molecule is O=C(CC12CC3CC(CC(Br)(C3)C1)C2)N1CCN(c2ccc(F)cc2)CC1. The van der Waals surface area contributed by atoms with Crippen molar-refractivity contribution in [3.8, 4) is 0 Å². The molecule has 2 unspecified atom stereocenters. The molecule has 0 spiro atoms. The zero-order valence-electron chi connectivity index (χ0n) is 15.8. The van der Waals surface area contributed by atoms with Crippen molar-refractivity contribution in [2.24, 2.45) is 17.3 Å². The lowest BCUT2D eigenvalue weighted by Crippen LogP contribution is -2.55. The molecule has 0 radical (unpaired) electrons. The van der Waals surface area contributed by atoms with Gasteiger partial charge in [0.25, 0.3) is 0 Å². The highest BCUT2D eigenvalue weighted by molar-refractivity contribution is 9.10. The van der Waals surface area contributed by atoms with Crippen LogP contribution in [0.4, 0.5) is 10.1 Å². The first-order valence-electron chi connectivity index (χ1n) is 10.4. The predicted octanol–water partition coefficient (Wildman–Crippen LogP) is 4.60. The quantitative estimate of drug-likeness (QED) is 0.648. The number of anilines is 1. The van der Waals surface area contributed by atoms with Crippen LogP contribution < -0.4 is 4.90 Å². The van der Waals surface area contributed by atoms with Gasteiger partial charge >= 0.3 is 0 Å². The molecule has 4 saturated carbocycles. The van der Waals surface area contributed by atoms with Crippen molar-refractivity contribution in [3.05, 3.63) is 30.1 Å². The van der Waals surface area contributed by atoms with E-state index < -0.39 is 0 Å². The summed E-state index contributed by atoms with van der Waals surface area (Å²) in [6.45, 7) is 3.22. The number of benzene rings is 1. The fourth-order valence-electron chi connectivity index (χ4n) is 6.84. The normalized spacial score (nSPS) is 37.7. The molecule has 4 bridgehead atoms. The lowest BCUT2D eigenvalue weighted by Gasteiger charge is -2.60. The summed E-state index contributed by atoms with van der Waals surface area (Å²) < 4.78 is 13.4. The van der Waals surface area contributed by atoms with Crippen molar-refractivity contribution in [2.45, 2.75) is 49.3 Å². The van der Waals surface area contributed by atoms with E-state index in [1.54, 1.807) is 0 Å². The van der Waals surface area contributed by atoms with Crippen LogP contribution in [0.2, 0.25) is 0 Å². The summed E-state index contributed by atoms with van der Waals surface area (Å²) in [6.07, 6.45) is 8.47. The maximum atomic E-state index is 13.1. The van der Waals surface area contributed by atoms with E-state index in [4.69, 9.17) is 0 Å². The van der Waals surface area contributed by atoms with Crippen molar-refractivity contribution in [3.63, 3.8) is 0 Å². The number of piperazine rings is 1. The van der Waals surface area contributed by atoms with Gasteiger partial charge in [-0.2, -0.15) is 0 Å². The number of amides is 1. The standard InChI is InChI=1S/C22H28BrFN2O/c23-22-12-16-9-17(13-22)11-21(10-16,15-22)14-20(27)26-7-5-25(6-8-26)19-3-1-18(24)2-4-19/h1-4,16-17H,5-15H2. The van der Waals surface area contributed by atoms with Crippen molar-refractivity contribution >= 4 is 27.5 Å². The maximum Gasteiger partial charge on any atom is 0.223 e. The largest absolute Gasteiger partial charge is 0.368 e. The lowest BCUT2D eigenvalue weighted by molar-refractivity contribution is -0.138. The number of halogens is 2. The molecule has 5 fully saturated rings. The molecule has 4 aliphatic carbocycles. The Morgan fingerprint density at radius 3 is 2.26 bits per heavy atom. The van der Waals surface area contributed by atoms with Crippen LogP contribution in [0.1, 0.15) is 44.9 Å². The molecule has 146 valence electrons. The second kappa shape index (κ2) is 6.47. The van der Waals surface area contributed by atoms with Gasteiger partial charge in [0.1, 0.15) is 5.82 Å². The minimum Gasteiger partial charge on any atom is -0.368 e. The van der Waals surface area contributed by atoms with Gasteiger partial charge in [0.2, 0.25) is 5.91 Å². The molecular weight excluding hydrogens is 407 g/mol. The number of carbonyl (C=O) groups excluding carboxylic acids is 1. The van der Waals surface area contributed by atoms with Crippen LogP contribution in [0.3, 0.4) is 0 Å². The average Bonchev–Trinajstić information content (AvgIpc) is 2.60. The van der Waals surface area contributed by atoms with Crippen LogP contribution in [0.5, 0.6) is 0 Å². The molecule has 1 aromatic rings. The molecule has 1 saturated heterocycles. The Bertz CT molecular complexity index is 714. The zero-order chi connectivity index (χ0) is 18.6. The van der Waals surface area contributed by atoms with Gasteiger partial charge in [-0.05, 0) is 80.0 Å². The Hall–Kier alpha value is -1.10. The summed E-state index contributed by atoms with van der Waals surface area (Å²) in [6, 6.07) is 6.68. The third-order valence-electron chi connectivity index (χ3n) is 7.46. The van der Waals surface area contributed by atoms with E-state index in [1.807, 2.05) is 12.1 Å². The third kappa shape index (κ3) is 3.41. The van der Waals surface area contributed by atoms with Gasteiger partial charge < -0.3 is 9.80 Å². The maximum absolute atomic E-state index is 13.1. The van der Waals surface area contributed by atoms with Gasteiger partial charge in [-0.15, -0.1) is 0 Å². The van der Waals surface area contributed by atoms with Gasteiger partial charge in [-0.25, -0.2) is 4.39 Å². The molecule has 1 aromatic carbocycles. The van der Waals surface area contributed by atoms with Crippen LogP contribution in [0.15, 0.2) is 24.3 Å². The molecule has 2 atom stereocenters. The van der Waals surface area contributed by atoms with Crippen LogP contribution in [0, 0.1) is 23.1 Å². The summed E-state index contributed by atoms with van der Waals surface area (Å²) in [5.41, 5.74) is 1.30. The van der Waals surface area contributed by atoms with Crippen LogP contribution in [-0.4, -0.2) is 41.3 Å². The highest BCUT2D eigenvalue weighted by Gasteiger charge is 2.57. The summed E-state index contributed by atoms with van der Waals surface area (Å²) in [5, 5.41) is 0. The molecule has 5 aliphatic rings. The topological polar surface area (TPSA) is 23.6 Å². The fraction of sp³-hybridized carbons (Fsp3) is 0.682. The van der Waals surface area contributed by atoms with Gasteiger partial charge in [0, 0.05) is 42.6 Å². The molecule has 1 aliphatic heterocycles. The van der Waals surface area contributed by atoms with Crippen molar-refractivity contribution in [1.82, 2.24) is 4.90 Å². The Labute approximate surface area is 169 Å².